The predicted molar refractivity (Wildman–Crippen MR) is 119 cm³/mol. The highest BCUT2D eigenvalue weighted by atomic mass is 32.1. The number of piperazine rings is 1. The lowest BCUT2D eigenvalue weighted by Crippen LogP contribution is -3.13. The Labute approximate surface area is 181 Å². The number of ether oxygens (including phenoxy) is 1. The van der Waals surface area contributed by atoms with Crippen molar-refractivity contribution in [2.45, 2.75) is 27.0 Å². The van der Waals surface area contributed by atoms with Gasteiger partial charge in [-0.1, -0.05) is 29.8 Å². The van der Waals surface area contributed by atoms with Gasteiger partial charge in [0, 0.05) is 16.5 Å². The van der Waals surface area contributed by atoms with Crippen molar-refractivity contribution >= 4 is 17.2 Å². The summed E-state index contributed by atoms with van der Waals surface area (Å²) in [5, 5.41) is 3.05. The Morgan fingerprint density at radius 1 is 1.13 bits per heavy atom. The van der Waals surface area contributed by atoms with E-state index < -0.39 is 0 Å². The molecular weight excluding hydrogens is 394 g/mol. The second kappa shape index (κ2) is 9.41. The van der Waals surface area contributed by atoms with Gasteiger partial charge in [-0.2, -0.15) is 0 Å². The first-order chi connectivity index (χ1) is 14.6. The third kappa shape index (κ3) is 5.26. The maximum absolute atomic E-state index is 12.9. The number of aryl methyl sites for hydroxylation is 2. The van der Waals surface area contributed by atoms with Gasteiger partial charge in [0.25, 0.3) is 5.91 Å². The van der Waals surface area contributed by atoms with E-state index in [1.54, 1.807) is 11.3 Å². The largest absolute Gasteiger partial charge is 0.487 e. The molecule has 156 valence electrons. The van der Waals surface area contributed by atoms with Gasteiger partial charge in [0.2, 0.25) is 0 Å². The van der Waals surface area contributed by atoms with E-state index in [4.69, 9.17) is 4.74 Å². The van der Waals surface area contributed by atoms with E-state index in [2.05, 4.69) is 36.2 Å². The lowest BCUT2D eigenvalue weighted by molar-refractivity contribution is -0.917. The van der Waals surface area contributed by atoms with E-state index in [1.165, 1.54) is 16.0 Å². The van der Waals surface area contributed by atoms with Crippen LogP contribution in [0.4, 0.5) is 0 Å². The molecule has 1 aromatic heterocycles. The van der Waals surface area contributed by atoms with Crippen LogP contribution in [0.3, 0.4) is 0 Å². The molecule has 1 N–H and O–H groups in total. The smallest absolute Gasteiger partial charge is 0.254 e. The molecule has 30 heavy (non-hydrogen) atoms. The first-order valence-electron chi connectivity index (χ1n) is 10.4. The Bertz CT molecular complexity index is 992. The Morgan fingerprint density at radius 2 is 1.90 bits per heavy atom. The number of nitrogens with zero attached hydrogens (tertiary/aromatic N) is 2. The van der Waals surface area contributed by atoms with Gasteiger partial charge in [0.15, 0.2) is 0 Å². The van der Waals surface area contributed by atoms with Crippen LogP contribution < -0.4 is 9.64 Å². The SMILES string of the molecule is Cc1cccc(C[NH+]2CCN(C(=O)c3ccc(OCc4csc(C)n4)cc3)CC2)c1. The molecule has 0 radical (unpaired) electrons. The zero-order valence-electron chi connectivity index (χ0n) is 17.6. The number of hydrogen-bond donors (Lipinski definition) is 1. The minimum absolute atomic E-state index is 0.103. The van der Waals surface area contributed by atoms with E-state index in [0.29, 0.717) is 12.2 Å². The van der Waals surface area contributed by atoms with Gasteiger partial charge in [0.05, 0.1) is 36.9 Å². The molecule has 1 amide bonds. The molecule has 0 atom stereocenters. The maximum atomic E-state index is 12.9. The number of benzene rings is 2. The quantitative estimate of drug-likeness (QED) is 0.665. The third-order valence-corrected chi connectivity index (χ3v) is 6.27. The first kappa shape index (κ1) is 20.6. The molecule has 4 rings (SSSR count). The lowest BCUT2D eigenvalue weighted by Gasteiger charge is -2.32. The number of nitrogens with one attached hydrogen (secondary N) is 1. The maximum Gasteiger partial charge on any atom is 0.254 e. The number of hydrogen-bond acceptors (Lipinski definition) is 4. The molecule has 0 spiro atoms. The molecule has 0 aliphatic carbocycles. The van der Waals surface area contributed by atoms with E-state index >= 15 is 0 Å². The van der Waals surface area contributed by atoms with E-state index in [9.17, 15) is 4.79 Å². The zero-order chi connectivity index (χ0) is 20.9. The normalized spacial score (nSPS) is 14.7. The number of carbonyl (C=O) groups excluding carboxylic acids is 1. The predicted octanol–water partition coefficient (Wildman–Crippen LogP) is 2.88. The number of aromatic nitrogens is 1. The topological polar surface area (TPSA) is 46.9 Å². The van der Waals surface area contributed by atoms with Crippen LogP contribution in [0.1, 0.15) is 32.2 Å². The number of carbonyl (C=O) groups is 1. The Balaban J connectivity index is 1.27. The van der Waals surface area contributed by atoms with Crippen LogP contribution in [-0.4, -0.2) is 42.0 Å². The molecule has 1 fully saturated rings. The lowest BCUT2D eigenvalue weighted by atomic mass is 10.1. The summed E-state index contributed by atoms with van der Waals surface area (Å²) in [6.45, 7) is 9.13. The molecule has 5 nitrogen and oxygen atoms in total. The molecule has 0 saturated carbocycles. The highest BCUT2D eigenvalue weighted by molar-refractivity contribution is 7.09. The van der Waals surface area contributed by atoms with Crippen LogP contribution in [-0.2, 0) is 13.2 Å². The molecule has 1 aliphatic rings. The van der Waals surface area contributed by atoms with Crippen LogP contribution in [0.2, 0.25) is 0 Å². The fourth-order valence-electron chi connectivity index (χ4n) is 3.82. The second-order valence-electron chi connectivity index (χ2n) is 7.88. The van der Waals surface area contributed by atoms with Crippen molar-refractivity contribution in [3.8, 4) is 5.75 Å². The molecule has 2 heterocycles. The Morgan fingerprint density at radius 3 is 2.57 bits per heavy atom. The van der Waals surface area contributed by atoms with Gasteiger partial charge in [0.1, 0.15) is 18.9 Å². The molecule has 6 heteroatoms. The summed E-state index contributed by atoms with van der Waals surface area (Å²) >= 11 is 1.62. The first-order valence-corrected chi connectivity index (χ1v) is 11.3. The van der Waals surface area contributed by atoms with Crippen LogP contribution in [0, 0.1) is 13.8 Å². The zero-order valence-corrected chi connectivity index (χ0v) is 18.4. The van der Waals surface area contributed by atoms with Crippen molar-refractivity contribution in [2.75, 3.05) is 26.2 Å². The Hall–Kier alpha value is -2.70. The fraction of sp³-hybridized carbons (Fsp3) is 0.333. The van der Waals surface area contributed by atoms with Crippen molar-refractivity contribution in [2.24, 2.45) is 0 Å². The summed E-state index contributed by atoms with van der Waals surface area (Å²) in [5.74, 6) is 0.857. The van der Waals surface area contributed by atoms with Crippen LogP contribution in [0.5, 0.6) is 5.75 Å². The number of amides is 1. The van der Waals surface area contributed by atoms with Crippen LogP contribution in [0.15, 0.2) is 53.9 Å². The summed E-state index contributed by atoms with van der Waals surface area (Å²) < 4.78 is 5.78. The highest BCUT2D eigenvalue weighted by Crippen LogP contribution is 2.16. The van der Waals surface area contributed by atoms with Crippen molar-refractivity contribution in [3.05, 3.63) is 81.3 Å². The van der Waals surface area contributed by atoms with Gasteiger partial charge in [-0.3, -0.25) is 4.79 Å². The number of quaternary nitrogens is 1. The average Bonchev–Trinajstić information content (AvgIpc) is 3.18. The summed E-state index contributed by atoms with van der Waals surface area (Å²) in [6, 6.07) is 16.1. The monoisotopic (exact) mass is 422 g/mol. The number of thiazole rings is 1. The summed E-state index contributed by atoms with van der Waals surface area (Å²) in [6.07, 6.45) is 0. The van der Waals surface area contributed by atoms with Gasteiger partial charge in [-0.15, -0.1) is 11.3 Å². The molecule has 0 bridgehead atoms. The standard InChI is InChI=1S/C24H27N3O2S/c1-18-4-3-5-20(14-18)15-26-10-12-27(13-11-26)24(28)21-6-8-23(9-7-21)29-16-22-17-30-19(2)25-22/h3-9,14,17H,10-13,15-16H2,1-2H3/p+1. The van der Waals surface area contributed by atoms with Crippen molar-refractivity contribution < 1.29 is 14.4 Å². The van der Waals surface area contributed by atoms with Crippen molar-refractivity contribution in [1.82, 2.24) is 9.88 Å². The fourth-order valence-corrected chi connectivity index (χ4v) is 4.42. The third-order valence-electron chi connectivity index (χ3n) is 5.45. The van der Waals surface area contributed by atoms with E-state index in [1.807, 2.05) is 41.5 Å². The molecule has 1 aliphatic heterocycles. The van der Waals surface area contributed by atoms with Crippen LogP contribution in [0.25, 0.3) is 0 Å². The number of rotatable bonds is 6. The van der Waals surface area contributed by atoms with Gasteiger partial charge in [-0.25, -0.2) is 4.98 Å². The van der Waals surface area contributed by atoms with Gasteiger partial charge < -0.3 is 14.5 Å². The minimum Gasteiger partial charge on any atom is -0.487 e. The average molecular weight is 423 g/mol. The van der Waals surface area contributed by atoms with Gasteiger partial charge in [-0.05, 0) is 38.1 Å². The summed E-state index contributed by atoms with van der Waals surface area (Å²) in [4.78, 5) is 20.8. The van der Waals surface area contributed by atoms with Gasteiger partial charge >= 0.3 is 0 Å². The van der Waals surface area contributed by atoms with E-state index in [-0.39, 0.29) is 5.91 Å². The molecule has 3 aromatic rings. The van der Waals surface area contributed by atoms with Crippen molar-refractivity contribution in [1.29, 1.82) is 0 Å². The van der Waals surface area contributed by atoms with E-state index in [0.717, 1.165) is 49.2 Å². The van der Waals surface area contributed by atoms with Crippen molar-refractivity contribution in [3.63, 3.8) is 0 Å². The second-order valence-corrected chi connectivity index (χ2v) is 8.94. The summed E-state index contributed by atoms with van der Waals surface area (Å²) in [5.41, 5.74) is 4.32. The summed E-state index contributed by atoms with van der Waals surface area (Å²) in [7, 11) is 0. The Kier molecular flexibility index (Phi) is 6.45. The minimum atomic E-state index is 0.103. The molecule has 2 aromatic carbocycles. The highest BCUT2D eigenvalue weighted by Gasteiger charge is 2.24. The molecule has 1 saturated heterocycles. The molecular formula is C24H28N3O2S+. The van der Waals surface area contributed by atoms with Crippen LogP contribution >= 0.6 is 11.3 Å². The molecule has 0 unspecified atom stereocenters.